The number of nitrogens with zero attached hydrogens (tertiary/aromatic N) is 1. The fourth-order valence-electron chi connectivity index (χ4n) is 4.08. The van der Waals surface area contributed by atoms with Crippen LogP contribution in [0.2, 0.25) is 0 Å². The van der Waals surface area contributed by atoms with Crippen molar-refractivity contribution in [2.24, 2.45) is 0 Å². The molecule has 0 unspecified atom stereocenters. The summed E-state index contributed by atoms with van der Waals surface area (Å²) in [6.07, 6.45) is 8.90. The molecule has 0 saturated heterocycles. The van der Waals surface area contributed by atoms with Gasteiger partial charge in [-0.1, -0.05) is 35.9 Å². The second kappa shape index (κ2) is 8.95. The fourth-order valence-corrected chi connectivity index (χ4v) is 4.08. The third-order valence-corrected chi connectivity index (χ3v) is 5.62. The largest absolute Gasteiger partial charge is 0.338 e. The van der Waals surface area contributed by atoms with Crippen LogP contribution in [0.5, 0.6) is 0 Å². The maximum Gasteiger partial charge on any atom is 0.319 e. The van der Waals surface area contributed by atoms with Gasteiger partial charge in [0.15, 0.2) is 0 Å². The highest BCUT2D eigenvalue weighted by Gasteiger charge is 2.25. The Kier molecular flexibility index (Phi) is 5.94. The van der Waals surface area contributed by atoms with E-state index in [-0.39, 0.29) is 11.9 Å². The molecule has 2 aliphatic rings. The molecule has 4 rings (SSSR count). The predicted molar refractivity (Wildman–Crippen MR) is 116 cm³/mol. The number of carbonyl (C=O) groups excluding carboxylic acids is 2. The highest BCUT2D eigenvalue weighted by atomic mass is 16.2. The Balaban J connectivity index is 1.34. The van der Waals surface area contributed by atoms with E-state index >= 15 is 0 Å². The van der Waals surface area contributed by atoms with Gasteiger partial charge in [0.25, 0.3) is 5.91 Å². The zero-order chi connectivity index (χ0) is 20.1. The number of hydrogen-bond acceptors (Lipinski definition) is 2. The standard InChI is InChI=1S/C24H27N3O2/c28-23(27-16-14-19-9-4-5-12-22(19)27)20-10-6-11-21(17-20)26-24(29)25-15-13-18-7-2-1-3-8-18/h4-7,9-12,17H,1-3,8,13-16H2,(H2,25,26,29). The predicted octanol–water partition coefficient (Wildman–Crippen LogP) is 4.90. The zero-order valence-corrected chi connectivity index (χ0v) is 16.6. The van der Waals surface area contributed by atoms with Crippen LogP contribution in [-0.2, 0) is 6.42 Å². The summed E-state index contributed by atoms with van der Waals surface area (Å²) in [4.78, 5) is 27.0. The molecular weight excluding hydrogens is 362 g/mol. The number of rotatable bonds is 5. The Morgan fingerprint density at radius 2 is 1.90 bits per heavy atom. The van der Waals surface area contributed by atoms with Crippen LogP contribution in [-0.4, -0.2) is 25.0 Å². The van der Waals surface area contributed by atoms with Gasteiger partial charge in [-0.25, -0.2) is 4.79 Å². The number of nitrogens with one attached hydrogen (secondary N) is 2. The average Bonchev–Trinajstić information content (AvgIpc) is 3.18. The first-order valence-electron chi connectivity index (χ1n) is 10.4. The van der Waals surface area contributed by atoms with Crippen LogP contribution < -0.4 is 15.5 Å². The van der Waals surface area contributed by atoms with Crippen LogP contribution in [0.25, 0.3) is 0 Å². The third-order valence-electron chi connectivity index (χ3n) is 5.62. The Hall–Kier alpha value is -3.08. The maximum atomic E-state index is 13.0. The van der Waals surface area contributed by atoms with Gasteiger partial charge in [0.1, 0.15) is 0 Å². The van der Waals surface area contributed by atoms with Crippen LogP contribution in [0.1, 0.15) is 48.0 Å². The lowest BCUT2D eigenvalue weighted by Crippen LogP contribution is -2.30. The number of amides is 3. The molecule has 0 bridgehead atoms. The smallest absolute Gasteiger partial charge is 0.319 e. The Labute approximate surface area is 171 Å². The minimum Gasteiger partial charge on any atom is -0.338 e. The lowest BCUT2D eigenvalue weighted by Gasteiger charge is -2.18. The molecule has 0 saturated carbocycles. The number of anilines is 2. The van der Waals surface area contributed by atoms with Gasteiger partial charge in [-0.15, -0.1) is 0 Å². The molecule has 150 valence electrons. The second-order valence-corrected chi connectivity index (χ2v) is 7.66. The van der Waals surface area contributed by atoms with Gasteiger partial charge in [0.2, 0.25) is 0 Å². The molecule has 2 aromatic rings. The molecule has 0 spiro atoms. The van der Waals surface area contributed by atoms with Crippen molar-refractivity contribution in [2.45, 2.75) is 38.5 Å². The monoisotopic (exact) mass is 389 g/mol. The maximum absolute atomic E-state index is 13.0. The average molecular weight is 389 g/mol. The summed E-state index contributed by atoms with van der Waals surface area (Å²) in [6.45, 7) is 1.31. The van der Waals surface area contributed by atoms with Crippen LogP contribution in [0.4, 0.5) is 16.2 Å². The molecule has 1 aliphatic carbocycles. The van der Waals surface area contributed by atoms with E-state index < -0.39 is 0 Å². The Morgan fingerprint density at radius 3 is 2.76 bits per heavy atom. The molecule has 5 nitrogen and oxygen atoms in total. The summed E-state index contributed by atoms with van der Waals surface area (Å²) in [7, 11) is 0. The SMILES string of the molecule is O=C(NCCC1=CCCCC1)Nc1cccc(C(=O)N2CCc3ccccc32)c1. The number of allylic oxidation sites excluding steroid dienone is 1. The molecule has 1 heterocycles. The molecule has 2 aromatic carbocycles. The van der Waals surface area contributed by atoms with Crippen molar-refractivity contribution < 1.29 is 9.59 Å². The number of hydrogen-bond donors (Lipinski definition) is 2. The van der Waals surface area contributed by atoms with Gasteiger partial charge >= 0.3 is 6.03 Å². The minimum absolute atomic E-state index is 0.0387. The van der Waals surface area contributed by atoms with Crippen LogP contribution >= 0.6 is 0 Å². The van der Waals surface area contributed by atoms with Crippen LogP contribution in [0, 0.1) is 0 Å². The lowest BCUT2D eigenvalue weighted by atomic mass is 9.97. The lowest BCUT2D eigenvalue weighted by molar-refractivity contribution is 0.0989. The van der Waals surface area contributed by atoms with Crippen molar-refractivity contribution in [2.75, 3.05) is 23.3 Å². The number of carbonyl (C=O) groups is 2. The first kappa shape index (κ1) is 19.2. The Morgan fingerprint density at radius 1 is 1.00 bits per heavy atom. The first-order chi connectivity index (χ1) is 14.2. The summed E-state index contributed by atoms with van der Waals surface area (Å²) >= 11 is 0. The van der Waals surface area contributed by atoms with Crippen LogP contribution in [0.3, 0.4) is 0 Å². The molecule has 2 N–H and O–H groups in total. The van der Waals surface area contributed by atoms with Crippen molar-refractivity contribution in [3.8, 4) is 0 Å². The molecule has 0 radical (unpaired) electrons. The topological polar surface area (TPSA) is 61.4 Å². The van der Waals surface area contributed by atoms with E-state index in [4.69, 9.17) is 0 Å². The number of para-hydroxylation sites is 1. The van der Waals surface area contributed by atoms with E-state index in [0.29, 0.717) is 24.3 Å². The fraction of sp³-hybridized carbons (Fsp3) is 0.333. The van der Waals surface area contributed by atoms with E-state index in [1.54, 1.807) is 24.3 Å². The first-order valence-corrected chi connectivity index (χ1v) is 10.4. The molecule has 0 atom stereocenters. The number of benzene rings is 2. The molecule has 1 aliphatic heterocycles. The van der Waals surface area contributed by atoms with Crippen molar-refractivity contribution in [3.63, 3.8) is 0 Å². The number of urea groups is 1. The summed E-state index contributed by atoms with van der Waals surface area (Å²) < 4.78 is 0. The van der Waals surface area contributed by atoms with Crippen molar-refractivity contribution >= 4 is 23.3 Å². The second-order valence-electron chi connectivity index (χ2n) is 7.66. The van der Waals surface area contributed by atoms with Gasteiger partial charge in [0.05, 0.1) is 0 Å². The molecule has 5 heteroatoms. The molecule has 0 fully saturated rings. The highest BCUT2D eigenvalue weighted by Crippen LogP contribution is 2.29. The molecular formula is C24H27N3O2. The summed E-state index contributed by atoms with van der Waals surface area (Å²) in [5.41, 5.74) is 4.81. The molecule has 0 aromatic heterocycles. The summed E-state index contributed by atoms with van der Waals surface area (Å²) in [6, 6.07) is 14.9. The van der Waals surface area contributed by atoms with Gasteiger partial charge in [-0.05, 0) is 68.4 Å². The van der Waals surface area contributed by atoms with Gasteiger partial charge in [-0.3, -0.25) is 4.79 Å². The minimum atomic E-state index is -0.238. The van der Waals surface area contributed by atoms with E-state index in [1.165, 1.54) is 24.0 Å². The zero-order valence-electron chi connectivity index (χ0n) is 16.6. The molecule has 3 amide bonds. The van der Waals surface area contributed by atoms with E-state index in [9.17, 15) is 9.59 Å². The third kappa shape index (κ3) is 4.67. The highest BCUT2D eigenvalue weighted by molar-refractivity contribution is 6.08. The summed E-state index contributed by atoms with van der Waals surface area (Å²) in [5.74, 6) is -0.0387. The molecule has 29 heavy (non-hydrogen) atoms. The van der Waals surface area contributed by atoms with Gasteiger partial charge in [-0.2, -0.15) is 0 Å². The van der Waals surface area contributed by atoms with E-state index in [1.807, 2.05) is 23.1 Å². The quantitative estimate of drug-likeness (QED) is 0.715. The van der Waals surface area contributed by atoms with Crippen molar-refractivity contribution in [3.05, 3.63) is 71.3 Å². The normalized spacial score (nSPS) is 15.4. The van der Waals surface area contributed by atoms with Crippen molar-refractivity contribution in [1.82, 2.24) is 5.32 Å². The van der Waals surface area contributed by atoms with Gasteiger partial charge in [0, 0.05) is 30.0 Å². The number of fused-ring (bicyclic) bond motifs is 1. The van der Waals surface area contributed by atoms with Crippen LogP contribution in [0.15, 0.2) is 60.2 Å². The Bertz CT molecular complexity index is 935. The van der Waals surface area contributed by atoms with E-state index in [2.05, 4.69) is 22.8 Å². The van der Waals surface area contributed by atoms with E-state index in [0.717, 1.165) is 31.4 Å². The summed E-state index contributed by atoms with van der Waals surface area (Å²) in [5, 5.41) is 5.75. The van der Waals surface area contributed by atoms with Crippen molar-refractivity contribution in [1.29, 1.82) is 0 Å². The van der Waals surface area contributed by atoms with Gasteiger partial charge < -0.3 is 15.5 Å².